The maximum atomic E-state index is 5.43. The second kappa shape index (κ2) is 7.10. The van der Waals surface area contributed by atoms with Gasteiger partial charge in [0.15, 0.2) is 0 Å². The van der Waals surface area contributed by atoms with E-state index in [0.29, 0.717) is 0 Å². The Labute approximate surface area is 120 Å². The second-order valence-electron chi connectivity index (χ2n) is 5.06. The minimum Gasteiger partial charge on any atom is -0.496 e. The van der Waals surface area contributed by atoms with Crippen LogP contribution in [0, 0.1) is 6.92 Å². The van der Waals surface area contributed by atoms with Crippen molar-refractivity contribution in [3.63, 3.8) is 0 Å². The number of hydrogen-bond acceptors (Lipinski definition) is 3. The third-order valence-electron chi connectivity index (χ3n) is 3.45. The molecule has 2 rings (SSSR count). The Morgan fingerprint density at radius 2 is 2.25 bits per heavy atom. The summed E-state index contributed by atoms with van der Waals surface area (Å²) in [6.45, 7) is 5.23. The van der Waals surface area contributed by atoms with E-state index < -0.39 is 0 Å². The summed E-state index contributed by atoms with van der Waals surface area (Å²) in [5.74, 6) is 1.99. The lowest BCUT2D eigenvalue weighted by Gasteiger charge is -2.18. The first-order valence-corrected chi connectivity index (χ1v) is 7.07. The van der Waals surface area contributed by atoms with Crippen LogP contribution in [0.5, 0.6) is 5.75 Å². The molecule has 20 heavy (non-hydrogen) atoms. The lowest BCUT2D eigenvalue weighted by Crippen LogP contribution is -2.21. The highest BCUT2D eigenvalue weighted by molar-refractivity contribution is 5.38. The molecule has 0 saturated heterocycles. The molecule has 1 aromatic heterocycles. The van der Waals surface area contributed by atoms with E-state index >= 15 is 0 Å². The Bertz CT molecular complexity index is 523. The van der Waals surface area contributed by atoms with Crippen molar-refractivity contribution < 1.29 is 4.74 Å². The first-order valence-electron chi connectivity index (χ1n) is 7.07. The molecule has 1 aromatic carbocycles. The fourth-order valence-corrected chi connectivity index (χ4v) is 2.31. The Morgan fingerprint density at radius 3 is 2.95 bits per heavy atom. The SMILES string of the molecule is COc1ccc(C)cc1C(C)NCCCc1ncc[nH]1. The van der Waals surface area contributed by atoms with Gasteiger partial charge in [-0.3, -0.25) is 0 Å². The molecule has 2 N–H and O–H groups in total. The van der Waals surface area contributed by atoms with Crippen LogP contribution in [0.2, 0.25) is 0 Å². The summed E-state index contributed by atoms with van der Waals surface area (Å²) in [5.41, 5.74) is 2.47. The quantitative estimate of drug-likeness (QED) is 0.762. The van der Waals surface area contributed by atoms with Gasteiger partial charge in [0.1, 0.15) is 11.6 Å². The zero-order valence-electron chi connectivity index (χ0n) is 12.4. The number of aromatic nitrogens is 2. The highest BCUT2D eigenvalue weighted by atomic mass is 16.5. The number of imidazole rings is 1. The van der Waals surface area contributed by atoms with Crippen LogP contribution in [0.15, 0.2) is 30.6 Å². The van der Waals surface area contributed by atoms with Crippen LogP contribution in [0.25, 0.3) is 0 Å². The van der Waals surface area contributed by atoms with Crippen LogP contribution in [0.3, 0.4) is 0 Å². The highest BCUT2D eigenvalue weighted by Gasteiger charge is 2.10. The van der Waals surface area contributed by atoms with Crippen molar-refractivity contribution in [2.75, 3.05) is 13.7 Å². The lowest BCUT2D eigenvalue weighted by atomic mass is 10.0. The Balaban J connectivity index is 1.85. The van der Waals surface area contributed by atoms with Crippen molar-refractivity contribution >= 4 is 0 Å². The van der Waals surface area contributed by atoms with Crippen molar-refractivity contribution in [1.29, 1.82) is 0 Å². The number of nitrogens with one attached hydrogen (secondary N) is 2. The molecule has 0 radical (unpaired) electrons. The van der Waals surface area contributed by atoms with E-state index in [1.807, 2.05) is 12.3 Å². The summed E-state index contributed by atoms with van der Waals surface area (Å²) < 4.78 is 5.43. The fraction of sp³-hybridized carbons (Fsp3) is 0.438. The average molecular weight is 273 g/mol. The van der Waals surface area contributed by atoms with Gasteiger partial charge >= 0.3 is 0 Å². The summed E-state index contributed by atoms with van der Waals surface area (Å²) in [5, 5.41) is 3.54. The summed E-state index contributed by atoms with van der Waals surface area (Å²) in [4.78, 5) is 7.35. The Morgan fingerprint density at radius 1 is 1.40 bits per heavy atom. The molecule has 0 aliphatic heterocycles. The normalized spacial score (nSPS) is 12.3. The van der Waals surface area contributed by atoms with Gasteiger partial charge in [-0.05, 0) is 32.9 Å². The monoisotopic (exact) mass is 273 g/mol. The zero-order chi connectivity index (χ0) is 14.4. The summed E-state index contributed by atoms with van der Waals surface area (Å²) >= 11 is 0. The molecule has 108 valence electrons. The maximum absolute atomic E-state index is 5.43. The molecule has 0 amide bonds. The number of benzene rings is 1. The van der Waals surface area contributed by atoms with Crippen molar-refractivity contribution in [2.45, 2.75) is 32.7 Å². The van der Waals surface area contributed by atoms with Crippen LogP contribution in [-0.4, -0.2) is 23.6 Å². The summed E-state index contributed by atoms with van der Waals surface area (Å²) in [7, 11) is 1.72. The Kier molecular flexibility index (Phi) is 5.18. The van der Waals surface area contributed by atoms with E-state index in [2.05, 4.69) is 41.3 Å². The van der Waals surface area contributed by atoms with Crippen molar-refractivity contribution in [1.82, 2.24) is 15.3 Å². The number of hydrogen-bond donors (Lipinski definition) is 2. The molecule has 1 atom stereocenters. The van der Waals surface area contributed by atoms with Crippen LogP contribution < -0.4 is 10.1 Å². The van der Waals surface area contributed by atoms with Gasteiger partial charge in [-0.2, -0.15) is 0 Å². The van der Waals surface area contributed by atoms with Crippen LogP contribution in [-0.2, 0) is 6.42 Å². The van der Waals surface area contributed by atoms with Crippen molar-refractivity contribution in [2.24, 2.45) is 0 Å². The van der Waals surface area contributed by atoms with E-state index in [1.54, 1.807) is 13.3 Å². The smallest absolute Gasteiger partial charge is 0.123 e. The molecule has 4 heteroatoms. The molecular formula is C16H23N3O. The molecule has 0 aliphatic rings. The molecule has 4 nitrogen and oxygen atoms in total. The van der Waals surface area contributed by atoms with Crippen LogP contribution >= 0.6 is 0 Å². The van der Waals surface area contributed by atoms with Gasteiger partial charge in [-0.1, -0.05) is 17.7 Å². The van der Waals surface area contributed by atoms with Gasteiger partial charge in [0.25, 0.3) is 0 Å². The van der Waals surface area contributed by atoms with E-state index in [0.717, 1.165) is 31.0 Å². The fourth-order valence-electron chi connectivity index (χ4n) is 2.31. The van der Waals surface area contributed by atoms with Gasteiger partial charge < -0.3 is 15.0 Å². The molecule has 2 aromatic rings. The molecule has 0 bridgehead atoms. The number of rotatable bonds is 7. The number of methoxy groups -OCH3 is 1. The second-order valence-corrected chi connectivity index (χ2v) is 5.06. The summed E-state index contributed by atoms with van der Waals surface area (Å²) in [6.07, 6.45) is 5.69. The minimum atomic E-state index is 0.279. The molecule has 0 saturated carbocycles. The third kappa shape index (κ3) is 3.84. The first kappa shape index (κ1) is 14.6. The van der Waals surface area contributed by atoms with E-state index in [9.17, 15) is 0 Å². The first-order chi connectivity index (χ1) is 9.70. The molecule has 0 spiro atoms. The molecule has 1 unspecified atom stereocenters. The molecule has 0 aliphatic carbocycles. The van der Waals surface area contributed by atoms with Gasteiger partial charge in [0.05, 0.1) is 7.11 Å². The van der Waals surface area contributed by atoms with Crippen molar-refractivity contribution in [3.05, 3.63) is 47.5 Å². The predicted octanol–water partition coefficient (Wildman–Crippen LogP) is 3.01. The topological polar surface area (TPSA) is 49.9 Å². The van der Waals surface area contributed by atoms with Gasteiger partial charge in [0, 0.05) is 30.4 Å². The number of nitrogens with zero attached hydrogens (tertiary/aromatic N) is 1. The lowest BCUT2D eigenvalue weighted by molar-refractivity contribution is 0.401. The molecular weight excluding hydrogens is 250 g/mol. The predicted molar refractivity (Wildman–Crippen MR) is 81.1 cm³/mol. The maximum Gasteiger partial charge on any atom is 0.123 e. The largest absolute Gasteiger partial charge is 0.496 e. The van der Waals surface area contributed by atoms with Crippen molar-refractivity contribution in [3.8, 4) is 5.75 Å². The van der Waals surface area contributed by atoms with Gasteiger partial charge in [-0.15, -0.1) is 0 Å². The average Bonchev–Trinajstić information content (AvgIpc) is 2.96. The van der Waals surface area contributed by atoms with E-state index in [1.165, 1.54) is 11.1 Å². The number of aryl methyl sites for hydroxylation is 2. The minimum absolute atomic E-state index is 0.279. The molecule has 0 fully saturated rings. The standard InChI is InChI=1S/C16H23N3O/c1-12-6-7-15(20-3)14(11-12)13(2)17-8-4-5-16-18-9-10-19-16/h6-7,9-11,13,17H,4-5,8H2,1-3H3,(H,18,19). The summed E-state index contributed by atoms with van der Waals surface area (Å²) in [6, 6.07) is 6.57. The number of aromatic amines is 1. The number of ether oxygens (including phenoxy) is 1. The zero-order valence-corrected chi connectivity index (χ0v) is 12.4. The highest BCUT2D eigenvalue weighted by Crippen LogP contribution is 2.25. The van der Waals surface area contributed by atoms with Gasteiger partial charge in [0.2, 0.25) is 0 Å². The van der Waals surface area contributed by atoms with Gasteiger partial charge in [-0.25, -0.2) is 4.98 Å². The van der Waals surface area contributed by atoms with E-state index in [4.69, 9.17) is 4.74 Å². The Hall–Kier alpha value is -1.81. The third-order valence-corrected chi connectivity index (χ3v) is 3.45. The number of H-pyrrole nitrogens is 1. The van der Waals surface area contributed by atoms with E-state index in [-0.39, 0.29) is 6.04 Å². The van der Waals surface area contributed by atoms with Crippen LogP contribution in [0.4, 0.5) is 0 Å². The van der Waals surface area contributed by atoms with Crippen LogP contribution in [0.1, 0.15) is 36.3 Å². The molecule has 1 heterocycles.